The van der Waals surface area contributed by atoms with Crippen molar-refractivity contribution in [3.05, 3.63) is 0 Å². The molecule has 1 heterocycles. The van der Waals surface area contributed by atoms with Gasteiger partial charge in [0.15, 0.2) is 0 Å². The molecule has 2 N–H and O–H groups in total. The number of nitrogens with one attached hydrogen (secondary N) is 2. The molecule has 2 bridgehead atoms. The molecule has 3 rings (SSSR count). The summed E-state index contributed by atoms with van der Waals surface area (Å²) in [5, 5.41) is 7.80. The number of hydrogen-bond donors (Lipinski definition) is 2. The van der Waals surface area contributed by atoms with Gasteiger partial charge >= 0.3 is 0 Å². The SMILES string of the molecule is CC1(C)CC(NC2CC3CCC2C3)CC(C)(C)N1. The Hall–Kier alpha value is -0.0800. The lowest BCUT2D eigenvalue weighted by Crippen LogP contribution is -2.62. The highest BCUT2D eigenvalue weighted by atomic mass is 15.1. The van der Waals surface area contributed by atoms with Crippen molar-refractivity contribution < 1.29 is 0 Å². The van der Waals surface area contributed by atoms with E-state index in [0.717, 1.165) is 17.9 Å². The minimum absolute atomic E-state index is 0.275. The lowest BCUT2D eigenvalue weighted by Gasteiger charge is -2.48. The van der Waals surface area contributed by atoms with Crippen molar-refractivity contribution >= 4 is 0 Å². The Bertz CT molecular complexity index is 305. The zero-order chi connectivity index (χ0) is 13.0. The fraction of sp³-hybridized carbons (Fsp3) is 1.00. The zero-order valence-electron chi connectivity index (χ0n) is 12.6. The van der Waals surface area contributed by atoms with Crippen LogP contribution in [0.4, 0.5) is 0 Å². The Morgan fingerprint density at radius 2 is 1.61 bits per heavy atom. The second kappa shape index (κ2) is 4.21. The number of hydrogen-bond acceptors (Lipinski definition) is 2. The molecule has 3 fully saturated rings. The molecule has 2 nitrogen and oxygen atoms in total. The van der Waals surface area contributed by atoms with E-state index in [-0.39, 0.29) is 11.1 Å². The molecule has 0 spiro atoms. The van der Waals surface area contributed by atoms with Gasteiger partial charge in [-0.2, -0.15) is 0 Å². The Balaban J connectivity index is 1.62. The van der Waals surface area contributed by atoms with Gasteiger partial charge in [0, 0.05) is 23.2 Å². The van der Waals surface area contributed by atoms with Crippen molar-refractivity contribution in [1.82, 2.24) is 10.6 Å². The van der Waals surface area contributed by atoms with Crippen molar-refractivity contribution in [2.24, 2.45) is 11.8 Å². The average molecular weight is 250 g/mol. The van der Waals surface area contributed by atoms with Crippen molar-refractivity contribution in [3.63, 3.8) is 0 Å². The number of rotatable bonds is 2. The van der Waals surface area contributed by atoms with E-state index in [1.165, 1.54) is 38.5 Å². The molecule has 3 unspecified atom stereocenters. The molecule has 2 aliphatic carbocycles. The third-order valence-electron chi connectivity index (χ3n) is 5.38. The van der Waals surface area contributed by atoms with E-state index in [1.54, 1.807) is 0 Å². The summed E-state index contributed by atoms with van der Waals surface area (Å²) < 4.78 is 0. The van der Waals surface area contributed by atoms with Gasteiger partial charge in [-0.05, 0) is 71.6 Å². The first kappa shape index (κ1) is 12.9. The first-order valence-electron chi connectivity index (χ1n) is 7.88. The minimum Gasteiger partial charge on any atom is -0.311 e. The molecule has 104 valence electrons. The average Bonchev–Trinajstić information content (AvgIpc) is 2.72. The normalized spacial score (nSPS) is 42.3. The van der Waals surface area contributed by atoms with Crippen LogP contribution < -0.4 is 10.6 Å². The van der Waals surface area contributed by atoms with E-state index in [4.69, 9.17) is 0 Å². The van der Waals surface area contributed by atoms with Crippen LogP contribution in [0, 0.1) is 11.8 Å². The molecule has 3 atom stereocenters. The number of fused-ring (bicyclic) bond motifs is 2. The smallest absolute Gasteiger partial charge is 0.0144 e. The van der Waals surface area contributed by atoms with Gasteiger partial charge in [-0.1, -0.05) is 6.42 Å². The molecule has 0 aromatic carbocycles. The highest BCUT2D eigenvalue weighted by Gasteiger charge is 2.43. The van der Waals surface area contributed by atoms with Gasteiger partial charge in [-0.15, -0.1) is 0 Å². The van der Waals surface area contributed by atoms with E-state index in [9.17, 15) is 0 Å². The van der Waals surface area contributed by atoms with Gasteiger partial charge < -0.3 is 10.6 Å². The standard InChI is InChI=1S/C16H30N2/c1-15(2)9-13(10-16(3,4)18-15)17-14-8-11-5-6-12(14)7-11/h11-14,17-18H,5-10H2,1-4H3. The Kier molecular flexibility index (Phi) is 3.02. The maximum Gasteiger partial charge on any atom is 0.0144 e. The molecule has 0 aromatic heterocycles. The lowest BCUT2D eigenvalue weighted by atomic mass is 9.79. The molecule has 2 saturated carbocycles. The summed E-state index contributed by atoms with van der Waals surface area (Å²) in [6, 6.07) is 1.54. The summed E-state index contributed by atoms with van der Waals surface area (Å²) in [6.45, 7) is 9.40. The molecular formula is C16H30N2. The molecule has 2 heteroatoms. The van der Waals surface area contributed by atoms with Crippen molar-refractivity contribution in [2.45, 2.75) is 89.4 Å². The van der Waals surface area contributed by atoms with Crippen LogP contribution in [-0.2, 0) is 0 Å². The highest BCUT2D eigenvalue weighted by Crippen LogP contribution is 2.45. The Morgan fingerprint density at radius 1 is 0.944 bits per heavy atom. The molecule has 3 aliphatic rings. The second-order valence-electron chi connectivity index (χ2n) is 8.45. The predicted octanol–water partition coefficient (Wildman–Crippen LogP) is 3.07. The van der Waals surface area contributed by atoms with Crippen LogP contribution >= 0.6 is 0 Å². The predicted molar refractivity (Wildman–Crippen MR) is 76.7 cm³/mol. The van der Waals surface area contributed by atoms with Crippen LogP contribution in [0.15, 0.2) is 0 Å². The number of piperidine rings is 1. The van der Waals surface area contributed by atoms with E-state index in [1.807, 2.05) is 0 Å². The molecular weight excluding hydrogens is 220 g/mol. The molecule has 0 aromatic rings. The summed E-state index contributed by atoms with van der Waals surface area (Å²) >= 11 is 0. The zero-order valence-corrected chi connectivity index (χ0v) is 12.6. The maximum atomic E-state index is 4.02. The van der Waals surface area contributed by atoms with Gasteiger partial charge in [-0.3, -0.25) is 0 Å². The van der Waals surface area contributed by atoms with Gasteiger partial charge in [-0.25, -0.2) is 0 Å². The van der Waals surface area contributed by atoms with Crippen LogP contribution in [0.1, 0.15) is 66.2 Å². The Morgan fingerprint density at radius 3 is 2.11 bits per heavy atom. The maximum absolute atomic E-state index is 4.02. The van der Waals surface area contributed by atoms with Crippen molar-refractivity contribution in [3.8, 4) is 0 Å². The molecule has 0 radical (unpaired) electrons. The highest BCUT2D eigenvalue weighted by molar-refractivity contribution is 5.02. The Labute approximate surface area is 112 Å². The van der Waals surface area contributed by atoms with Crippen molar-refractivity contribution in [1.29, 1.82) is 0 Å². The largest absolute Gasteiger partial charge is 0.311 e. The van der Waals surface area contributed by atoms with Gasteiger partial charge in [0.25, 0.3) is 0 Å². The van der Waals surface area contributed by atoms with E-state index >= 15 is 0 Å². The van der Waals surface area contributed by atoms with Crippen LogP contribution in [0.2, 0.25) is 0 Å². The van der Waals surface area contributed by atoms with Gasteiger partial charge in [0.05, 0.1) is 0 Å². The molecule has 0 amide bonds. The van der Waals surface area contributed by atoms with Crippen LogP contribution in [0.25, 0.3) is 0 Å². The fourth-order valence-corrected chi connectivity index (χ4v) is 5.19. The monoisotopic (exact) mass is 250 g/mol. The van der Waals surface area contributed by atoms with E-state index < -0.39 is 0 Å². The van der Waals surface area contributed by atoms with E-state index in [2.05, 4.69) is 38.3 Å². The third kappa shape index (κ3) is 2.60. The van der Waals surface area contributed by atoms with Crippen molar-refractivity contribution in [2.75, 3.05) is 0 Å². The van der Waals surface area contributed by atoms with E-state index in [0.29, 0.717) is 6.04 Å². The third-order valence-corrected chi connectivity index (χ3v) is 5.38. The van der Waals surface area contributed by atoms with Crippen LogP contribution in [0.5, 0.6) is 0 Å². The van der Waals surface area contributed by atoms with Gasteiger partial charge in [0.1, 0.15) is 0 Å². The first-order valence-corrected chi connectivity index (χ1v) is 7.88. The molecule has 1 aliphatic heterocycles. The molecule has 18 heavy (non-hydrogen) atoms. The summed E-state index contributed by atoms with van der Waals surface area (Å²) in [4.78, 5) is 0. The topological polar surface area (TPSA) is 24.1 Å². The van der Waals surface area contributed by atoms with Crippen LogP contribution in [-0.4, -0.2) is 23.2 Å². The van der Waals surface area contributed by atoms with Gasteiger partial charge in [0.2, 0.25) is 0 Å². The first-order chi connectivity index (χ1) is 8.33. The fourth-order valence-electron chi connectivity index (χ4n) is 5.19. The summed E-state index contributed by atoms with van der Waals surface area (Å²) in [6.07, 6.45) is 8.49. The lowest BCUT2D eigenvalue weighted by molar-refractivity contribution is 0.132. The quantitative estimate of drug-likeness (QED) is 0.787. The second-order valence-corrected chi connectivity index (χ2v) is 8.45. The molecule has 1 saturated heterocycles. The summed E-state index contributed by atoms with van der Waals surface area (Å²) in [5.41, 5.74) is 0.550. The summed E-state index contributed by atoms with van der Waals surface area (Å²) in [5.74, 6) is 2.05. The minimum atomic E-state index is 0.275. The van der Waals surface area contributed by atoms with Crippen LogP contribution in [0.3, 0.4) is 0 Å². The summed E-state index contributed by atoms with van der Waals surface area (Å²) in [7, 11) is 0.